The Hall–Kier alpha value is -0.350. The van der Waals surface area contributed by atoms with Crippen molar-refractivity contribution in [3.63, 3.8) is 0 Å². The van der Waals surface area contributed by atoms with E-state index in [1.807, 2.05) is 23.1 Å². The maximum atomic E-state index is 10.4. The summed E-state index contributed by atoms with van der Waals surface area (Å²) >= 11 is 0. The van der Waals surface area contributed by atoms with Crippen LogP contribution in [0.2, 0.25) is 0 Å². The van der Waals surface area contributed by atoms with Crippen molar-refractivity contribution in [2.24, 2.45) is 0 Å². The smallest absolute Gasteiger partial charge is 0.548 e. The van der Waals surface area contributed by atoms with Gasteiger partial charge in [0.05, 0.1) is 12.0 Å². The number of carboxylic acids is 1. The van der Waals surface area contributed by atoms with Gasteiger partial charge >= 0.3 is 29.6 Å². The third kappa shape index (κ3) is 3.61. The Morgan fingerprint density at radius 3 is 2.60 bits per heavy atom. The van der Waals surface area contributed by atoms with E-state index in [0.29, 0.717) is 6.54 Å². The number of benzene rings is 1. The van der Waals surface area contributed by atoms with E-state index in [0.717, 1.165) is 13.0 Å². The summed E-state index contributed by atoms with van der Waals surface area (Å²) in [5.74, 6) is -0.946. The Balaban J connectivity index is 0.00000112. The van der Waals surface area contributed by atoms with E-state index in [1.54, 1.807) is 0 Å². The molecule has 74 valence electrons. The molecule has 1 heterocycles. The number of hydrogen-bond donors (Lipinski definition) is 0. The first-order valence-electron chi connectivity index (χ1n) is 4.76. The Morgan fingerprint density at radius 2 is 2.07 bits per heavy atom. The zero-order chi connectivity index (χ0) is 9.97. The van der Waals surface area contributed by atoms with Gasteiger partial charge in [0, 0.05) is 13.1 Å². The van der Waals surface area contributed by atoms with Crippen LogP contribution in [0.5, 0.6) is 0 Å². The first-order chi connectivity index (χ1) is 6.77. The van der Waals surface area contributed by atoms with Gasteiger partial charge in [-0.15, -0.1) is 0 Å². The molecule has 0 aromatic heterocycles. The van der Waals surface area contributed by atoms with Crippen LogP contribution < -0.4 is 34.7 Å². The van der Waals surface area contributed by atoms with Crippen molar-refractivity contribution in [3.8, 4) is 0 Å². The maximum absolute atomic E-state index is 10.4. The first kappa shape index (κ1) is 12.7. The molecular weight excluding hydrogens is 201 g/mol. The fourth-order valence-electron chi connectivity index (χ4n) is 1.56. The average molecular weight is 213 g/mol. The molecule has 0 saturated carbocycles. The second-order valence-electron chi connectivity index (χ2n) is 3.57. The van der Waals surface area contributed by atoms with Crippen LogP contribution in [0.15, 0.2) is 30.3 Å². The van der Waals surface area contributed by atoms with Crippen molar-refractivity contribution in [1.82, 2.24) is 4.90 Å². The molecule has 1 saturated heterocycles. The summed E-state index contributed by atoms with van der Waals surface area (Å²) in [5, 5.41) is 10.4. The van der Waals surface area contributed by atoms with Gasteiger partial charge in [0.25, 0.3) is 0 Å². The normalized spacial score (nSPS) is 22.9. The average Bonchev–Trinajstić information content (AvgIpc) is 2.96. The Bertz CT molecular complexity index is 329. The predicted octanol–water partition coefficient (Wildman–Crippen LogP) is -3.33. The van der Waals surface area contributed by atoms with Gasteiger partial charge in [-0.05, 0) is 12.0 Å². The summed E-state index contributed by atoms with van der Waals surface area (Å²) in [4.78, 5) is 12.3. The molecule has 15 heavy (non-hydrogen) atoms. The molecule has 0 bridgehead atoms. The van der Waals surface area contributed by atoms with Crippen molar-refractivity contribution >= 4 is 5.97 Å². The third-order valence-corrected chi connectivity index (χ3v) is 2.52. The van der Waals surface area contributed by atoms with Gasteiger partial charge in [0.2, 0.25) is 0 Å². The Morgan fingerprint density at radius 1 is 1.40 bits per heavy atom. The molecule has 3 nitrogen and oxygen atoms in total. The molecule has 0 N–H and O–H groups in total. The fraction of sp³-hybridized carbons (Fsp3) is 0.364. The monoisotopic (exact) mass is 213 g/mol. The van der Waals surface area contributed by atoms with Gasteiger partial charge < -0.3 is 9.90 Å². The molecule has 1 fully saturated rings. The molecule has 0 aliphatic carbocycles. The minimum atomic E-state index is -0.946. The van der Waals surface area contributed by atoms with Crippen LogP contribution in [0.3, 0.4) is 0 Å². The SMILES string of the molecule is O=C([O-])C1CN1CCc1ccccc1.[Na+]. The molecule has 1 aromatic carbocycles. The summed E-state index contributed by atoms with van der Waals surface area (Å²) in [6, 6.07) is 9.74. The minimum Gasteiger partial charge on any atom is -0.548 e. The summed E-state index contributed by atoms with van der Waals surface area (Å²) < 4.78 is 0. The van der Waals surface area contributed by atoms with Crippen LogP contribution in [0.4, 0.5) is 0 Å². The topological polar surface area (TPSA) is 43.1 Å². The zero-order valence-electron chi connectivity index (χ0n) is 8.85. The van der Waals surface area contributed by atoms with E-state index in [9.17, 15) is 9.90 Å². The molecule has 1 aromatic rings. The van der Waals surface area contributed by atoms with E-state index >= 15 is 0 Å². The molecule has 0 amide bonds. The maximum Gasteiger partial charge on any atom is 1.00 e. The number of carboxylic acid groups (broad SMARTS) is 1. The fourth-order valence-corrected chi connectivity index (χ4v) is 1.56. The van der Waals surface area contributed by atoms with Crippen molar-refractivity contribution in [2.75, 3.05) is 13.1 Å². The first-order valence-corrected chi connectivity index (χ1v) is 4.76. The molecule has 4 heteroatoms. The standard InChI is InChI=1S/C11H13NO2.Na/c13-11(14)10-8-12(10)7-6-9-4-2-1-3-5-9;/h1-5,10H,6-8H2,(H,13,14);/q;+1/p-1. The van der Waals surface area contributed by atoms with Gasteiger partial charge in [0.1, 0.15) is 0 Å². The van der Waals surface area contributed by atoms with E-state index in [2.05, 4.69) is 12.1 Å². The van der Waals surface area contributed by atoms with Crippen LogP contribution in [-0.4, -0.2) is 30.0 Å². The number of carbonyl (C=O) groups is 1. The quantitative estimate of drug-likeness (QED) is 0.388. The minimum absolute atomic E-state index is 0. The van der Waals surface area contributed by atoms with Crippen molar-refractivity contribution in [1.29, 1.82) is 0 Å². The zero-order valence-corrected chi connectivity index (χ0v) is 10.8. The van der Waals surface area contributed by atoms with Crippen LogP contribution in [0.25, 0.3) is 0 Å². The number of nitrogens with zero attached hydrogens (tertiary/aromatic N) is 1. The number of hydrogen-bond acceptors (Lipinski definition) is 3. The van der Waals surface area contributed by atoms with E-state index < -0.39 is 5.97 Å². The number of rotatable bonds is 4. The van der Waals surface area contributed by atoms with Crippen LogP contribution >= 0.6 is 0 Å². The molecule has 2 atom stereocenters. The second kappa shape index (κ2) is 5.66. The summed E-state index contributed by atoms with van der Waals surface area (Å²) in [7, 11) is 0. The summed E-state index contributed by atoms with van der Waals surface area (Å²) in [6.07, 6.45) is 0.907. The molecule has 0 spiro atoms. The van der Waals surface area contributed by atoms with Gasteiger partial charge in [0.15, 0.2) is 0 Å². The molecule has 1 aliphatic rings. The summed E-state index contributed by atoms with van der Waals surface area (Å²) in [6.45, 7) is 1.46. The van der Waals surface area contributed by atoms with E-state index in [4.69, 9.17) is 0 Å². The Kier molecular flexibility index (Phi) is 4.80. The van der Waals surface area contributed by atoms with Gasteiger partial charge in [-0.3, -0.25) is 4.90 Å². The summed E-state index contributed by atoms with van der Waals surface area (Å²) in [5.41, 5.74) is 1.25. The van der Waals surface area contributed by atoms with Crippen molar-refractivity contribution in [2.45, 2.75) is 12.5 Å². The third-order valence-electron chi connectivity index (χ3n) is 2.52. The largest absolute Gasteiger partial charge is 1.00 e. The molecule has 0 radical (unpaired) electrons. The van der Waals surface area contributed by atoms with E-state index in [1.165, 1.54) is 5.56 Å². The number of aliphatic carboxylic acids is 1. The van der Waals surface area contributed by atoms with Crippen LogP contribution in [0.1, 0.15) is 5.56 Å². The number of carbonyl (C=O) groups excluding carboxylic acids is 1. The van der Waals surface area contributed by atoms with Crippen molar-refractivity contribution < 1.29 is 39.5 Å². The predicted molar refractivity (Wildman–Crippen MR) is 50.5 cm³/mol. The molecule has 2 rings (SSSR count). The van der Waals surface area contributed by atoms with Gasteiger partial charge in [-0.1, -0.05) is 30.3 Å². The Labute approximate surface area is 111 Å². The second-order valence-corrected chi connectivity index (χ2v) is 3.57. The van der Waals surface area contributed by atoms with Crippen LogP contribution in [-0.2, 0) is 11.2 Å². The molecule has 2 unspecified atom stereocenters. The molecule has 1 aliphatic heterocycles. The van der Waals surface area contributed by atoms with Gasteiger partial charge in [-0.25, -0.2) is 0 Å². The van der Waals surface area contributed by atoms with E-state index in [-0.39, 0.29) is 35.6 Å². The van der Waals surface area contributed by atoms with Gasteiger partial charge in [-0.2, -0.15) is 0 Å². The van der Waals surface area contributed by atoms with Crippen LogP contribution in [0, 0.1) is 0 Å². The van der Waals surface area contributed by atoms with Crippen molar-refractivity contribution in [3.05, 3.63) is 35.9 Å². The molecular formula is C11H12NNaO2.